The molecule has 1 aliphatic rings. The molecule has 0 aliphatic carbocycles. The topological polar surface area (TPSA) is 46.9 Å². The fourth-order valence-electron chi connectivity index (χ4n) is 1.70. The van der Waals surface area contributed by atoms with Gasteiger partial charge in [-0.2, -0.15) is 5.10 Å². The molecule has 1 saturated heterocycles. The first kappa shape index (κ1) is 8.44. The SMILES string of the molecule is Cn1nccc1C(=O)C1CCCN1. The number of hydrogen-bond donors (Lipinski definition) is 1. The van der Waals surface area contributed by atoms with Crippen LogP contribution in [0.15, 0.2) is 12.3 Å². The summed E-state index contributed by atoms with van der Waals surface area (Å²) in [7, 11) is 1.79. The van der Waals surface area contributed by atoms with Crippen LogP contribution in [0.3, 0.4) is 0 Å². The summed E-state index contributed by atoms with van der Waals surface area (Å²) >= 11 is 0. The number of nitrogens with one attached hydrogen (secondary N) is 1. The van der Waals surface area contributed by atoms with E-state index < -0.39 is 0 Å². The maximum Gasteiger partial charge on any atom is 0.197 e. The Bertz CT molecular complexity index is 312. The largest absolute Gasteiger partial charge is 0.307 e. The average Bonchev–Trinajstić information content (AvgIpc) is 2.72. The second-order valence-corrected chi connectivity index (χ2v) is 3.35. The Hall–Kier alpha value is -1.16. The molecule has 1 N–H and O–H groups in total. The molecule has 1 fully saturated rings. The van der Waals surface area contributed by atoms with Crippen LogP contribution < -0.4 is 5.32 Å². The van der Waals surface area contributed by atoms with Crippen molar-refractivity contribution < 1.29 is 4.79 Å². The maximum atomic E-state index is 11.8. The molecule has 0 aromatic carbocycles. The van der Waals surface area contributed by atoms with Gasteiger partial charge in [-0.25, -0.2) is 0 Å². The number of hydrogen-bond acceptors (Lipinski definition) is 3. The normalized spacial score (nSPS) is 22.1. The lowest BCUT2D eigenvalue weighted by atomic mass is 10.1. The summed E-state index contributed by atoms with van der Waals surface area (Å²) in [5.41, 5.74) is 0.694. The predicted molar refractivity (Wildman–Crippen MR) is 48.6 cm³/mol. The summed E-state index contributed by atoms with van der Waals surface area (Å²) in [6.07, 6.45) is 3.69. The molecule has 2 heterocycles. The zero-order valence-corrected chi connectivity index (χ0v) is 7.66. The van der Waals surface area contributed by atoms with Gasteiger partial charge in [-0.05, 0) is 25.5 Å². The molecule has 1 unspecified atom stereocenters. The van der Waals surface area contributed by atoms with Gasteiger partial charge in [0, 0.05) is 13.2 Å². The van der Waals surface area contributed by atoms with Gasteiger partial charge in [-0.1, -0.05) is 0 Å². The van der Waals surface area contributed by atoms with Crippen molar-refractivity contribution in [1.29, 1.82) is 0 Å². The minimum atomic E-state index is 0.00963. The summed E-state index contributed by atoms with van der Waals surface area (Å²) in [6, 6.07) is 1.78. The highest BCUT2D eigenvalue weighted by molar-refractivity contribution is 5.98. The van der Waals surface area contributed by atoms with Crippen molar-refractivity contribution in [3.05, 3.63) is 18.0 Å². The van der Waals surface area contributed by atoms with Crippen molar-refractivity contribution in [1.82, 2.24) is 15.1 Å². The smallest absolute Gasteiger partial charge is 0.197 e. The molecule has 70 valence electrons. The van der Waals surface area contributed by atoms with E-state index in [0.717, 1.165) is 19.4 Å². The van der Waals surface area contributed by atoms with Crippen LogP contribution in [0, 0.1) is 0 Å². The van der Waals surface area contributed by atoms with Gasteiger partial charge in [0.1, 0.15) is 5.69 Å². The summed E-state index contributed by atoms with van der Waals surface area (Å²) in [5.74, 6) is 0.164. The number of carbonyl (C=O) groups excluding carboxylic acids is 1. The first-order valence-electron chi connectivity index (χ1n) is 4.54. The fourth-order valence-corrected chi connectivity index (χ4v) is 1.70. The zero-order valence-electron chi connectivity index (χ0n) is 7.66. The Morgan fingerprint density at radius 2 is 2.62 bits per heavy atom. The van der Waals surface area contributed by atoms with Gasteiger partial charge in [-0.15, -0.1) is 0 Å². The highest BCUT2D eigenvalue weighted by Crippen LogP contribution is 2.11. The highest BCUT2D eigenvalue weighted by Gasteiger charge is 2.24. The third-order valence-corrected chi connectivity index (χ3v) is 2.45. The summed E-state index contributed by atoms with van der Waals surface area (Å²) in [6.45, 7) is 0.953. The Labute approximate surface area is 76.9 Å². The lowest BCUT2D eigenvalue weighted by Crippen LogP contribution is -2.32. The minimum absolute atomic E-state index is 0.00963. The van der Waals surface area contributed by atoms with Gasteiger partial charge in [0.25, 0.3) is 0 Å². The van der Waals surface area contributed by atoms with Crippen LogP contribution in [0.5, 0.6) is 0 Å². The number of carbonyl (C=O) groups is 1. The molecule has 4 nitrogen and oxygen atoms in total. The number of ketones is 1. The molecule has 0 bridgehead atoms. The van der Waals surface area contributed by atoms with E-state index >= 15 is 0 Å². The van der Waals surface area contributed by atoms with Crippen molar-refractivity contribution >= 4 is 5.78 Å². The second kappa shape index (κ2) is 3.30. The zero-order chi connectivity index (χ0) is 9.26. The molecule has 1 aliphatic heterocycles. The van der Waals surface area contributed by atoms with Crippen LogP contribution in [-0.2, 0) is 7.05 Å². The third-order valence-electron chi connectivity index (χ3n) is 2.45. The summed E-state index contributed by atoms with van der Waals surface area (Å²) in [5, 5.41) is 7.16. The van der Waals surface area contributed by atoms with Gasteiger partial charge in [0.2, 0.25) is 0 Å². The molecule has 0 saturated carbocycles. The van der Waals surface area contributed by atoms with Crippen molar-refractivity contribution in [2.24, 2.45) is 7.05 Å². The van der Waals surface area contributed by atoms with E-state index in [2.05, 4.69) is 10.4 Å². The molecule has 4 heteroatoms. The first-order chi connectivity index (χ1) is 6.29. The highest BCUT2D eigenvalue weighted by atomic mass is 16.1. The van der Waals surface area contributed by atoms with E-state index in [1.165, 1.54) is 0 Å². The number of nitrogens with zero attached hydrogens (tertiary/aromatic N) is 2. The monoisotopic (exact) mass is 179 g/mol. The van der Waals surface area contributed by atoms with Crippen LogP contribution in [0.4, 0.5) is 0 Å². The van der Waals surface area contributed by atoms with Crippen LogP contribution in [0.1, 0.15) is 23.3 Å². The Morgan fingerprint density at radius 3 is 3.15 bits per heavy atom. The van der Waals surface area contributed by atoms with Gasteiger partial charge in [0.05, 0.1) is 6.04 Å². The quantitative estimate of drug-likeness (QED) is 0.666. The molecule has 0 radical (unpaired) electrons. The van der Waals surface area contributed by atoms with Gasteiger partial charge >= 0.3 is 0 Å². The van der Waals surface area contributed by atoms with E-state index in [0.29, 0.717) is 5.69 Å². The first-order valence-corrected chi connectivity index (χ1v) is 4.54. The lowest BCUT2D eigenvalue weighted by molar-refractivity contribution is 0.0943. The minimum Gasteiger partial charge on any atom is -0.307 e. The van der Waals surface area contributed by atoms with E-state index in [1.807, 2.05) is 0 Å². The summed E-state index contributed by atoms with van der Waals surface area (Å²) < 4.78 is 1.63. The molecule has 13 heavy (non-hydrogen) atoms. The predicted octanol–water partition coefficient (Wildman–Crippen LogP) is 0.355. The molecule has 0 spiro atoms. The van der Waals surface area contributed by atoms with Crippen molar-refractivity contribution in [3.63, 3.8) is 0 Å². The van der Waals surface area contributed by atoms with Crippen LogP contribution >= 0.6 is 0 Å². The van der Waals surface area contributed by atoms with E-state index in [4.69, 9.17) is 0 Å². The number of rotatable bonds is 2. The number of Topliss-reactive ketones (excluding diaryl/α,β-unsaturated/α-hetero) is 1. The Balaban J connectivity index is 2.17. The molecule has 1 aromatic heterocycles. The molecule has 2 rings (SSSR count). The number of aryl methyl sites for hydroxylation is 1. The van der Waals surface area contributed by atoms with Crippen LogP contribution in [0.2, 0.25) is 0 Å². The molecule has 0 amide bonds. The molecular weight excluding hydrogens is 166 g/mol. The molecule has 1 atom stereocenters. The lowest BCUT2D eigenvalue weighted by Gasteiger charge is -2.08. The maximum absolute atomic E-state index is 11.8. The fraction of sp³-hybridized carbons (Fsp3) is 0.556. The van der Waals surface area contributed by atoms with E-state index in [9.17, 15) is 4.79 Å². The molecular formula is C9H13N3O. The van der Waals surface area contributed by atoms with Crippen molar-refractivity contribution in [3.8, 4) is 0 Å². The van der Waals surface area contributed by atoms with Gasteiger partial charge < -0.3 is 5.32 Å². The van der Waals surface area contributed by atoms with Crippen LogP contribution in [0.25, 0.3) is 0 Å². The standard InChI is InChI=1S/C9H13N3O/c1-12-8(4-6-11-12)9(13)7-3-2-5-10-7/h4,6-7,10H,2-3,5H2,1H3. The van der Waals surface area contributed by atoms with Gasteiger partial charge in [-0.3, -0.25) is 9.48 Å². The van der Waals surface area contributed by atoms with E-state index in [-0.39, 0.29) is 11.8 Å². The van der Waals surface area contributed by atoms with Crippen LogP contribution in [-0.4, -0.2) is 28.2 Å². The van der Waals surface area contributed by atoms with Gasteiger partial charge in [0.15, 0.2) is 5.78 Å². The van der Waals surface area contributed by atoms with E-state index in [1.54, 1.807) is 24.0 Å². The summed E-state index contributed by atoms with van der Waals surface area (Å²) in [4.78, 5) is 11.8. The third kappa shape index (κ3) is 1.49. The Kier molecular flexibility index (Phi) is 2.14. The average molecular weight is 179 g/mol. The molecule has 1 aromatic rings. The Morgan fingerprint density at radius 1 is 1.77 bits per heavy atom. The second-order valence-electron chi connectivity index (χ2n) is 3.35. The van der Waals surface area contributed by atoms with Crippen molar-refractivity contribution in [2.75, 3.05) is 6.54 Å². The number of aromatic nitrogens is 2. The van der Waals surface area contributed by atoms with Crippen molar-refractivity contribution in [2.45, 2.75) is 18.9 Å².